The number of anilines is 2. The summed E-state index contributed by atoms with van der Waals surface area (Å²) in [5, 5.41) is 3.27. The van der Waals surface area contributed by atoms with E-state index < -0.39 is 30.8 Å². The highest BCUT2D eigenvalue weighted by atomic mass is 35.5. The van der Waals surface area contributed by atoms with Gasteiger partial charge in [0.15, 0.2) is 19.7 Å². The molecule has 0 saturated carbocycles. The highest BCUT2D eigenvalue weighted by Gasteiger charge is 2.16. The lowest BCUT2D eigenvalue weighted by Crippen LogP contribution is -2.13. The van der Waals surface area contributed by atoms with Crippen LogP contribution in [0.3, 0.4) is 0 Å². The van der Waals surface area contributed by atoms with E-state index >= 15 is 0 Å². The number of carbonyl (C=O) groups excluding carboxylic acids is 2. The maximum atomic E-state index is 12.5. The van der Waals surface area contributed by atoms with Gasteiger partial charge in [0.1, 0.15) is 0 Å². The predicted octanol–water partition coefficient (Wildman–Crippen LogP) is 9.82. The molecule has 2 heterocycles. The minimum Gasteiger partial charge on any atom is -0.399 e. The molecule has 0 unspecified atom stereocenters. The van der Waals surface area contributed by atoms with E-state index in [1.54, 1.807) is 48.8 Å². The fourth-order valence-electron chi connectivity index (χ4n) is 4.58. The molecule has 0 saturated heterocycles. The first-order valence-electron chi connectivity index (χ1n) is 15.5. The molecule has 4 aromatic carbocycles. The number of rotatable bonds is 7. The average Bonchev–Trinajstić information content (AvgIpc) is 3.13. The van der Waals surface area contributed by atoms with Gasteiger partial charge in [-0.2, -0.15) is 0 Å². The summed E-state index contributed by atoms with van der Waals surface area (Å²) in [5.74, 6) is -0.464. The van der Waals surface area contributed by atoms with Gasteiger partial charge in [-0.25, -0.2) is 16.8 Å². The molecule has 3 N–H and O–H groups in total. The van der Waals surface area contributed by atoms with Gasteiger partial charge < -0.3 is 11.1 Å². The van der Waals surface area contributed by atoms with Crippen molar-refractivity contribution in [2.24, 2.45) is 0 Å². The van der Waals surface area contributed by atoms with Crippen molar-refractivity contribution in [2.45, 2.75) is 9.79 Å². The number of carbonyl (C=O) groups is 2. The van der Waals surface area contributed by atoms with Crippen molar-refractivity contribution in [2.75, 3.05) is 23.6 Å². The van der Waals surface area contributed by atoms with Gasteiger partial charge in [0, 0.05) is 47.4 Å². The van der Waals surface area contributed by atoms with Crippen molar-refractivity contribution in [3.8, 4) is 22.5 Å². The molecule has 17 heteroatoms. The second-order valence-corrected chi connectivity index (χ2v) is 17.4. The van der Waals surface area contributed by atoms with Gasteiger partial charge in [-0.1, -0.05) is 58.5 Å². The SMILES string of the molecule is CS(=O)(=O)c1ccc(C(=O)Cl)c(Cl)c1.CS(=O)(=O)c1ccc(C(=O)Nc2ccc(Cl)c(-c3ccccn3)c2)c(Cl)c1.Nc1ccc(Cl)c(-c2ccccn2)c1. The van der Waals surface area contributed by atoms with E-state index in [0.29, 0.717) is 32.7 Å². The molecule has 0 spiro atoms. The number of hydrogen-bond acceptors (Lipinski definition) is 9. The number of nitrogens with zero attached hydrogens (tertiary/aromatic N) is 2. The molecular formula is C38H29Cl5N4O6S2. The van der Waals surface area contributed by atoms with Crippen LogP contribution < -0.4 is 11.1 Å². The highest BCUT2D eigenvalue weighted by Crippen LogP contribution is 2.31. The molecule has 0 bridgehead atoms. The van der Waals surface area contributed by atoms with Crippen LogP contribution in [-0.2, 0) is 19.7 Å². The lowest BCUT2D eigenvalue weighted by atomic mass is 10.1. The first kappa shape index (κ1) is 43.2. The Morgan fingerprint density at radius 2 is 1.05 bits per heavy atom. The van der Waals surface area contributed by atoms with Gasteiger partial charge in [-0.15, -0.1) is 0 Å². The van der Waals surface area contributed by atoms with Gasteiger partial charge in [-0.05, 0) is 109 Å². The summed E-state index contributed by atoms with van der Waals surface area (Å²) in [4.78, 5) is 31.9. The number of nitrogens with two attached hydrogens (primary N) is 1. The van der Waals surface area contributed by atoms with Crippen LogP contribution in [0.25, 0.3) is 22.5 Å². The number of nitrogen functional groups attached to an aromatic ring is 1. The summed E-state index contributed by atoms with van der Waals surface area (Å²) in [6.07, 6.45) is 5.51. The fraction of sp³-hybridized carbons (Fsp3) is 0.0526. The Morgan fingerprint density at radius 3 is 1.49 bits per heavy atom. The molecule has 284 valence electrons. The molecule has 0 atom stereocenters. The third-order valence-electron chi connectivity index (χ3n) is 7.29. The zero-order chi connectivity index (χ0) is 40.5. The maximum Gasteiger partial charge on any atom is 0.257 e. The highest BCUT2D eigenvalue weighted by molar-refractivity contribution is 7.91. The molecular weight excluding hydrogens is 850 g/mol. The van der Waals surface area contributed by atoms with E-state index in [1.807, 2.05) is 36.4 Å². The van der Waals surface area contributed by atoms with Crippen molar-refractivity contribution in [3.63, 3.8) is 0 Å². The fourth-order valence-corrected chi connectivity index (χ4v) is 7.18. The Balaban J connectivity index is 0.000000202. The third-order valence-corrected chi connectivity index (χ3v) is 11.0. The first-order valence-corrected chi connectivity index (χ1v) is 21.2. The molecule has 55 heavy (non-hydrogen) atoms. The molecule has 6 aromatic rings. The second kappa shape index (κ2) is 18.9. The Hall–Kier alpha value is -4.53. The average molecular weight is 879 g/mol. The number of nitrogens with one attached hydrogen (secondary N) is 1. The lowest BCUT2D eigenvalue weighted by Gasteiger charge is -2.10. The Labute approximate surface area is 343 Å². The smallest absolute Gasteiger partial charge is 0.257 e. The minimum atomic E-state index is -3.41. The topological polar surface area (TPSA) is 166 Å². The molecule has 0 aliphatic heterocycles. The molecule has 0 aliphatic rings. The van der Waals surface area contributed by atoms with Crippen LogP contribution in [0, 0.1) is 0 Å². The quantitative estimate of drug-likeness (QED) is 0.117. The second-order valence-electron chi connectivity index (χ2n) is 11.4. The van der Waals surface area contributed by atoms with Gasteiger partial charge in [0.2, 0.25) is 0 Å². The van der Waals surface area contributed by atoms with E-state index in [1.165, 1.54) is 36.4 Å². The molecule has 0 aliphatic carbocycles. The van der Waals surface area contributed by atoms with Crippen molar-refractivity contribution in [1.29, 1.82) is 0 Å². The largest absolute Gasteiger partial charge is 0.399 e. The van der Waals surface area contributed by atoms with Crippen LogP contribution in [-0.4, -0.2) is 50.5 Å². The molecule has 2 aromatic heterocycles. The van der Waals surface area contributed by atoms with Gasteiger partial charge in [-0.3, -0.25) is 19.6 Å². The Bertz CT molecular complexity index is 2580. The van der Waals surface area contributed by atoms with Crippen LogP contribution in [0.1, 0.15) is 20.7 Å². The normalized spacial score (nSPS) is 11.0. The van der Waals surface area contributed by atoms with Crippen molar-refractivity contribution in [3.05, 3.63) is 153 Å². The van der Waals surface area contributed by atoms with E-state index in [2.05, 4.69) is 15.3 Å². The monoisotopic (exact) mass is 876 g/mol. The summed E-state index contributed by atoms with van der Waals surface area (Å²) >= 11 is 29.2. The number of benzene rings is 4. The summed E-state index contributed by atoms with van der Waals surface area (Å²) in [5.41, 5.74) is 10.2. The zero-order valence-corrected chi connectivity index (χ0v) is 34.1. The number of pyridine rings is 2. The maximum absolute atomic E-state index is 12.5. The van der Waals surface area contributed by atoms with Crippen molar-refractivity contribution < 1.29 is 26.4 Å². The minimum absolute atomic E-state index is 0.0351. The van der Waals surface area contributed by atoms with Crippen LogP contribution in [0.2, 0.25) is 20.1 Å². The standard InChI is InChI=1S/C19H14Cl2N2O3S.C11H9ClN2.C8H6Cl2O3S/c1-27(25,26)13-6-7-14(17(21)11-13)19(24)23-12-5-8-16(20)15(10-12)18-4-2-3-9-22-18;12-10-5-4-8(13)7-9(10)11-3-1-2-6-14-11;1-14(12,13)5-2-3-6(8(10)11)7(9)4-5/h2-11H,1H3,(H,23,24);1-7H,13H2;2-4H,1H3. The molecule has 0 radical (unpaired) electrons. The summed E-state index contributed by atoms with van der Waals surface area (Å²) in [6.45, 7) is 0. The van der Waals surface area contributed by atoms with Crippen LogP contribution in [0.5, 0.6) is 0 Å². The van der Waals surface area contributed by atoms with Gasteiger partial charge in [0.05, 0.1) is 52.4 Å². The summed E-state index contributed by atoms with van der Waals surface area (Å²) < 4.78 is 45.3. The summed E-state index contributed by atoms with van der Waals surface area (Å²) in [7, 11) is -6.71. The Kier molecular flexibility index (Phi) is 14.8. The van der Waals surface area contributed by atoms with Crippen LogP contribution in [0.15, 0.2) is 131 Å². The first-order chi connectivity index (χ1) is 25.8. The third kappa shape index (κ3) is 12.2. The van der Waals surface area contributed by atoms with Crippen molar-refractivity contribution >= 4 is 100 Å². The van der Waals surface area contributed by atoms with E-state index in [0.717, 1.165) is 23.8 Å². The number of amides is 1. The van der Waals surface area contributed by atoms with Crippen molar-refractivity contribution in [1.82, 2.24) is 9.97 Å². The number of sulfone groups is 2. The molecule has 0 fully saturated rings. The van der Waals surface area contributed by atoms with E-state index in [9.17, 15) is 26.4 Å². The zero-order valence-electron chi connectivity index (χ0n) is 28.7. The van der Waals surface area contributed by atoms with E-state index in [4.69, 9.17) is 63.7 Å². The Morgan fingerprint density at radius 1 is 0.582 bits per heavy atom. The number of hydrogen-bond donors (Lipinski definition) is 2. The summed E-state index contributed by atoms with van der Waals surface area (Å²) in [6, 6.07) is 29.3. The molecule has 10 nitrogen and oxygen atoms in total. The molecule has 6 rings (SSSR count). The van der Waals surface area contributed by atoms with Crippen LogP contribution >= 0.6 is 58.0 Å². The lowest BCUT2D eigenvalue weighted by molar-refractivity contribution is 0.102. The van der Waals surface area contributed by atoms with Crippen LogP contribution in [0.4, 0.5) is 11.4 Å². The van der Waals surface area contributed by atoms with Gasteiger partial charge >= 0.3 is 0 Å². The number of aromatic nitrogens is 2. The van der Waals surface area contributed by atoms with Gasteiger partial charge in [0.25, 0.3) is 11.1 Å². The number of halogens is 5. The predicted molar refractivity (Wildman–Crippen MR) is 221 cm³/mol. The van der Waals surface area contributed by atoms with E-state index in [-0.39, 0.29) is 31.0 Å². The molecule has 1 amide bonds.